The number of rotatable bonds is 5. The summed E-state index contributed by atoms with van der Waals surface area (Å²) in [5.74, 6) is 0.144. The van der Waals surface area contributed by atoms with Crippen LogP contribution in [-0.2, 0) is 4.79 Å². The molecule has 1 heterocycles. The number of amides is 1. The van der Waals surface area contributed by atoms with E-state index in [0.717, 1.165) is 38.8 Å². The largest absolute Gasteiger partial charge is 0.340 e. The topological polar surface area (TPSA) is 49.6 Å². The van der Waals surface area contributed by atoms with E-state index in [4.69, 9.17) is 5.73 Å². The molecule has 1 aliphatic rings. The van der Waals surface area contributed by atoms with Gasteiger partial charge in [0.2, 0.25) is 5.91 Å². The number of unbranched alkanes of at least 4 members (excludes halogenated alkanes) is 1. The Bertz CT molecular complexity index is 243. The molecule has 17 heavy (non-hydrogen) atoms. The second kappa shape index (κ2) is 6.97. The SMILES string of the molecule is CCCCC(N)C(=O)N1CCCC(N(C)C)C1. The number of nitrogens with zero attached hydrogens (tertiary/aromatic N) is 2. The van der Waals surface area contributed by atoms with Crippen molar-refractivity contribution in [3.05, 3.63) is 0 Å². The maximum absolute atomic E-state index is 12.2. The Morgan fingerprint density at radius 1 is 1.53 bits per heavy atom. The van der Waals surface area contributed by atoms with Crippen molar-refractivity contribution < 1.29 is 4.79 Å². The summed E-state index contributed by atoms with van der Waals surface area (Å²) >= 11 is 0. The summed E-state index contributed by atoms with van der Waals surface area (Å²) in [6.45, 7) is 3.84. The smallest absolute Gasteiger partial charge is 0.239 e. The lowest BCUT2D eigenvalue weighted by Crippen LogP contribution is -2.52. The van der Waals surface area contributed by atoms with Crippen LogP contribution in [0.25, 0.3) is 0 Å². The van der Waals surface area contributed by atoms with Crippen LogP contribution in [0.4, 0.5) is 0 Å². The van der Waals surface area contributed by atoms with E-state index in [0.29, 0.717) is 6.04 Å². The quantitative estimate of drug-likeness (QED) is 0.783. The van der Waals surface area contributed by atoms with Crippen LogP contribution in [0.15, 0.2) is 0 Å². The van der Waals surface area contributed by atoms with Crippen LogP contribution in [0.2, 0.25) is 0 Å². The highest BCUT2D eigenvalue weighted by Gasteiger charge is 2.27. The zero-order valence-electron chi connectivity index (χ0n) is 11.5. The minimum absolute atomic E-state index is 0.144. The minimum Gasteiger partial charge on any atom is -0.340 e. The van der Waals surface area contributed by atoms with Crippen molar-refractivity contribution in [2.24, 2.45) is 5.73 Å². The fraction of sp³-hybridized carbons (Fsp3) is 0.923. The van der Waals surface area contributed by atoms with Gasteiger partial charge in [0.1, 0.15) is 0 Å². The van der Waals surface area contributed by atoms with E-state index in [2.05, 4.69) is 25.9 Å². The van der Waals surface area contributed by atoms with Crippen molar-refractivity contribution in [2.45, 2.75) is 51.1 Å². The molecule has 1 rings (SSSR count). The molecule has 1 fully saturated rings. The molecular weight excluding hydrogens is 214 g/mol. The normalized spacial score (nSPS) is 22.9. The van der Waals surface area contributed by atoms with Gasteiger partial charge in [0.25, 0.3) is 0 Å². The molecule has 2 unspecified atom stereocenters. The van der Waals surface area contributed by atoms with Gasteiger partial charge in [-0.3, -0.25) is 4.79 Å². The highest BCUT2D eigenvalue weighted by Crippen LogP contribution is 2.15. The molecule has 1 amide bonds. The van der Waals surface area contributed by atoms with Crippen LogP contribution in [0.5, 0.6) is 0 Å². The molecule has 0 spiro atoms. The van der Waals surface area contributed by atoms with Crippen LogP contribution in [0.1, 0.15) is 39.0 Å². The summed E-state index contributed by atoms with van der Waals surface area (Å²) in [5, 5.41) is 0. The predicted octanol–water partition coefficient (Wildman–Crippen LogP) is 1.06. The standard InChI is InChI=1S/C13H27N3O/c1-4-5-8-12(14)13(17)16-9-6-7-11(10-16)15(2)3/h11-12H,4-10,14H2,1-3H3. The third kappa shape index (κ3) is 4.28. The Labute approximate surface area is 105 Å². The number of nitrogens with two attached hydrogens (primary N) is 1. The van der Waals surface area contributed by atoms with E-state index in [1.807, 2.05) is 4.90 Å². The fourth-order valence-corrected chi connectivity index (χ4v) is 2.36. The molecule has 0 aromatic heterocycles. The lowest BCUT2D eigenvalue weighted by atomic mass is 10.0. The maximum Gasteiger partial charge on any atom is 0.239 e. The molecule has 0 aromatic rings. The molecular formula is C13H27N3O. The number of piperidine rings is 1. The van der Waals surface area contributed by atoms with Gasteiger partial charge in [-0.1, -0.05) is 19.8 Å². The molecule has 2 N–H and O–H groups in total. The fourth-order valence-electron chi connectivity index (χ4n) is 2.36. The Morgan fingerprint density at radius 3 is 2.82 bits per heavy atom. The zero-order valence-corrected chi connectivity index (χ0v) is 11.5. The summed E-state index contributed by atoms with van der Waals surface area (Å²) in [5.41, 5.74) is 5.95. The first-order chi connectivity index (χ1) is 8.06. The molecule has 0 aromatic carbocycles. The summed E-state index contributed by atoms with van der Waals surface area (Å²) < 4.78 is 0. The van der Waals surface area contributed by atoms with E-state index < -0.39 is 0 Å². The Kier molecular flexibility index (Phi) is 5.92. The monoisotopic (exact) mass is 241 g/mol. The Balaban J connectivity index is 2.45. The van der Waals surface area contributed by atoms with Gasteiger partial charge in [0.15, 0.2) is 0 Å². The number of carbonyl (C=O) groups excluding carboxylic acids is 1. The molecule has 4 heteroatoms. The van der Waals surface area contributed by atoms with Gasteiger partial charge in [0, 0.05) is 19.1 Å². The molecule has 100 valence electrons. The summed E-state index contributed by atoms with van der Waals surface area (Å²) in [7, 11) is 4.16. The molecule has 0 aliphatic carbocycles. The Morgan fingerprint density at radius 2 is 2.24 bits per heavy atom. The molecule has 1 aliphatic heterocycles. The van der Waals surface area contributed by atoms with Gasteiger partial charge >= 0.3 is 0 Å². The highest BCUT2D eigenvalue weighted by molar-refractivity contribution is 5.81. The summed E-state index contributed by atoms with van der Waals surface area (Å²) in [4.78, 5) is 16.3. The van der Waals surface area contributed by atoms with Crippen molar-refractivity contribution in [3.8, 4) is 0 Å². The molecule has 0 radical (unpaired) electrons. The van der Waals surface area contributed by atoms with Gasteiger partial charge in [-0.15, -0.1) is 0 Å². The number of likely N-dealkylation sites (N-methyl/N-ethyl adjacent to an activating group) is 1. The first-order valence-electron chi connectivity index (χ1n) is 6.77. The average Bonchev–Trinajstić information content (AvgIpc) is 2.35. The first kappa shape index (κ1) is 14.5. The summed E-state index contributed by atoms with van der Waals surface area (Å²) in [6.07, 6.45) is 5.23. The number of hydrogen-bond donors (Lipinski definition) is 1. The second-order valence-corrected chi connectivity index (χ2v) is 5.29. The van der Waals surface area contributed by atoms with Crippen LogP contribution in [-0.4, -0.2) is 55.0 Å². The zero-order chi connectivity index (χ0) is 12.8. The third-order valence-electron chi connectivity index (χ3n) is 3.62. The second-order valence-electron chi connectivity index (χ2n) is 5.29. The van der Waals surface area contributed by atoms with Crippen molar-refractivity contribution in [1.29, 1.82) is 0 Å². The highest BCUT2D eigenvalue weighted by atomic mass is 16.2. The van der Waals surface area contributed by atoms with Crippen molar-refractivity contribution in [1.82, 2.24) is 9.80 Å². The lowest BCUT2D eigenvalue weighted by molar-refractivity contribution is -0.134. The van der Waals surface area contributed by atoms with Crippen molar-refractivity contribution in [3.63, 3.8) is 0 Å². The van der Waals surface area contributed by atoms with Crippen LogP contribution < -0.4 is 5.73 Å². The molecule has 2 atom stereocenters. The van der Waals surface area contributed by atoms with Gasteiger partial charge in [-0.25, -0.2) is 0 Å². The van der Waals surface area contributed by atoms with Crippen LogP contribution in [0, 0.1) is 0 Å². The van der Waals surface area contributed by atoms with E-state index in [9.17, 15) is 4.79 Å². The first-order valence-corrected chi connectivity index (χ1v) is 6.77. The number of carbonyl (C=O) groups is 1. The van der Waals surface area contributed by atoms with Crippen LogP contribution >= 0.6 is 0 Å². The maximum atomic E-state index is 12.2. The predicted molar refractivity (Wildman–Crippen MR) is 70.8 cm³/mol. The van der Waals surface area contributed by atoms with E-state index >= 15 is 0 Å². The van der Waals surface area contributed by atoms with E-state index in [-0.39, 0.29) is 11.9 Å². The van der Waals surface area contributed by atoms with Crippen molar-refractivity contribution >= 4 is 5.91 Å². The van der Waals surface area contributed by atoms with E-state index in [1.165, 1.54) is 6.42 Å². The Hall–Kier alpha value is -0.610. The van der Waals surface area contributed by atoms with Gasteiger partial charge in [-0.05, 0) is 33.4 Å². The van der Waals surface area contributed by atoms with Gasteiger partial charge in [0.05, 0.1) is 6.04 Å². The summed E-state index contributed by atoms with van der Waals surface area (Å²) in [6, 6.07) is 0.196. The van der Waals surface area contributed by atoms with Crippen LogP contribution in [0.3, 0.4) is 0 Å². The van der Waals surface area contributed by atoms with Crippen molar-refractivity contribution in [2.75, 3.05) is 27.2 Å². The lowest BCUT2D eigenvalue weighted by Gasteiger charge is -2.37. The molecule has 0 saturated carbocycles. The molecule has 4 nitrogen and oxygen atoms in total. The van der Waals surface area contributed by atoms with E-state index in [1.54, 1.807) is 0 Å². The third-order valence-corrected chi connectivity index (χ3v) is 3.62. The average molecular weight is 241 g/mol. The van der Waals surface area contributed by atoms with Gasteiger partial charge < -0.3 is 15.5 Å². The van der Waals surface area contributed by atoms with Gasteiger partial charge in [-0.2, -0.15) is 0 Å². The molecule has 0 bridgehead atoms. The number of hydrogen-bond acceptors (Lipinski definition) is 3. The number of likely N-dealkylation sites (tertiary alicyclic amines) is 1. The molecule has 1 saturated heterocycles. The minimum atomic E-state index is -0.295.